The summed E-state index contributed by atoms with van der Waals surface area (Å²) in [6, 6.07) is 14.8. The molecule has 1 unspecified atom stereocenters. The van der Waals surface area contributed by atoms with Crippen molar-refractivity contribution >= 4 is 17.3 Å². The molecule has 0 fully saturated rings. The molecule has 122 valence electrons. The Balaban J connectivity index is 1.83. The van der Waals surface area contributed by atoms with Crippen LogP contribution in [0.1, 0.15) is 32.6 Å². The Morgan fingerprint density at radius 2 is 1.96 bits per heavy atom. The van der Waals surface area contributed by atoms with E-state index in [0.29, 0.717) is 16.1 Å². The highest BCUT2D eigenvalue weighted by Gasteiger charge is 2.16. The van der Waals surface area contributed by atoms with Crippen LogP contribution in [0.4, 0.5) is 0 Å². The van der Waals surface area contributed by atoms with Gasteiger partial charge in [0.15, 0.2) is 0 Å². The third kappa shape index (κ3) is 3.37. The van der Waals surface area contributed by atoms with Gasteiger partial charge in [-0.2, -0.15) is 0 Å². The number of benzene rings is 2. The number of carbonyl (C=O) groups excluding carboxylic acids is 1. The Labute approximate surface area is 144 Å². The highest BCUT2D eigenvalue weighted by Crippen LogP contribution is 2.29. The van der Waals surface area contributed by atoms with Crippen molar-refractivity contribution < 1.29 is 14.6 Å². The zero-order valence-electron chi connectivity index (χ0n) is 13.4. The second-order valence-corrected chi connectivity index (χ2v) is 6.35. The molecule has 0 amide bonds. The zero-order chi connectivity index (χ0) is 17.1. The molecule has 1 heterocycles. The second kappa shape index (κ2) is 6.95. The molecule has 1 atom stereocenters. The van der Waals surface area contributed by atoms with Gasteiger partial charge in [0.05, 0.1) is 18.4 Å². The number of aromatic nitrogens is 1. The number of aliphatic hydroxyl groups excluding tert-OH is 1. The Morgan fingerprint density at radius 1 is 1.21 bits per heavy atom. The van der Waals surface area contributed by atoms with E-state index in [2.05, 4.69) is 15.8 Å². The fraction of sp³-hybridized carbons (Fsp3) is 0.158. The van der Waals surface area contributed by atoms with E-state index in [1.807, 2.05) is 30.5 Å². The number of carbonyl (C=O) groups is 1. The third-order valence-corrected chi connectivity index (χ3v) is 4.61. The number of esters is 1. The van der Waals surface area contributed by atoms with Gasteiger partial charge in [-0.15, -0.1) is 11.3 Å². The minimum atomic E-state index is -0.819. The predicted octanol–water partition coefficient (Wildman–Crippen LogP) is 3.99. The molecule has 0 aliphatic rings. The fourth-order valence-corrected chi connectivity index (χ4v) is 3.25. The zero-order valence-corrected chi connectivity index (χ0v) is 14.2. The van der Waals surface area contributed by atoms with E-state index in [1.165, 1.54) is 24.0 Å². The van der Waals surface area contributed by atoms with Gasteiger partial charge < -0.3 is 9.84 Å². The molecular weight excluding hydrogens is 322 g/mol. The summed E-state index contributed by atoms with van der Waals surface area (Å²) in [6.07, 6.45) is -0.819. The van der Waals surface area contributed by atoms with Crippen LogP contribution in [-0.4, -0.2) is 23.2 Å². The lowest BCUT2D eigenvalue weighted by Gasteiger charge is -2.08. The van der Waals surface area contributed by atoms with Crippen molar-refractivity contribution in [2.75, 3.05) is 7.11 Å². The Kier molecular flexibility index (Phi) is 4.74. The Hall–Kier alpha value is -2.50. The molecule has 4 nitrogen and oxygen atoms in total. The van der Waals surface area contributed by atoms with E-state index < -0.39 is 12.1 Å². The van der Waals surface area contributed by atoms with Gasteiger partial charge in [-0.05, 0) is 30.7 Å². The van der Waals surface area contributed by atoms with E-state index >= 15 is 0 Å². The van der Waals surface area contributed by atoms with Crippen molar-refractivity contribution in [3.05, 3.63) is 75.6 Å². The van der Waals surface area contributed by atoms with Gasteiger partial charge in [0.1, 0.15) is 11.1 Å². The summed E-state index contributed by atoms with van der Waals surface area (Å²) in [6.45, 7) is 2.04. The Bertz CT molecular complexity index is 855. The maximum atomic E-state index is 11.5. The van der Waals surface area contributed by atoms with Crippen molar-refractivity contribution in [2.24, 2.45) is 0 Å². The summed E-state index contributed by atoms with van der Waals surface area (Å²) in [4.78, 5) is 16.0. The molecule has 0 spiro atoms. The molecule has 0 saturated heterocycles. The molecule has 3 aromatic rings. The number of ether oxygens (including phenoxy) is 1. The first-order chi connectivity index (χ1) is 11.6. The summed E-state index contributed by atoms with van der Waals surface area (Å²) in [5, 5.41) is 13.1. The molecule has 0 aliphatic heterocycles. The van der Waals surface area contributed by atoms with Crippen molar-refractivity contribution in [2.45, 2.75) is 13.0 Å². The summed E-state index contributed by atoms with van der Waals surface area (Å²) < 4.78 is 4.67. The van der Waals surface area contributed by atoms with Crippen molar-refractivity contribution in [1.82, 2.24) is 4.98 Å². The van der Waals surface area contributed by atoms with Crippen LogP contribution in [0, 0.1) is 6.92 Å². The molecule has 5 heteroatoms. The molecule has 0 saturated carbocycles. The molecule has 1 N–H and O–H groups in total. The number of hydrogen-bond acceptors (Lipinski definition) is 5. The smallest absolute Gasteiger partial charge is 0.337 e. The third-order valence-electron chi connectivity index (χ3n) is 3.72. The van der Waals surface area contributed by atoms with Crippen LogP contribution in [0.3, 0.4) is 0 Å². The average Bonchev–Trinajstić information content (AvgIpc) is 3.10. The largest absolute Gasteiger partial charge is 0.465 e. The standard InChI is InChI=1S/C19H17NO3S/c1-12-4-3-5-15(10-12)16-11-24-18(20-16)17(21)13-6-8-14(9-7-13)19(22)23-2/h3-11,17,21H,1-2H3. The SMILES string of the molecule is COC(=O)c1ccc(C(O)c2nc(-c3cccc(C)c3)cs2)cc1. The molecule has 1 aromatic heterocycles. The molecular formula is C19H17NO3S. The topological polar surface area (TPSA) is 59.4 Å². The summed E-state index contributed by atoms with van der Waals surface area (Å²) in [5.41, 5.74) is 4.19. The monoisotopic (exact) mass is 339 g/mol. The number of aliphatic hydroxyl groups is 1. The highest BCUT2D eigenvalue weighted by molar-refractivity contribution is 7.10. The van der Waals surface area contributed by atoms with Gasteiger partial charge in [0.25, 0.3) is 0 Å². The highest BCUT2D eigenvalue weighted by atomic mass is 32.1. The van der Waals surface area contributed by atoms with Crippen molar-refractivity contribution in [1.29, 1.82) is 0 Å². The van der Waals surface area contributed by atoms with Crippen LogP contribution in [-0.2, 0) is 4.74 Å². The van der Waals surface area contributed by atoms with Crippen LogP contribution in [0.25, 0.3) is 11.3 Å². The average molecular weight is 339 g/mol. The number of aryl methyl sites for hydroxylation is 1. The molecule has 0 bridgehead atoms. The van der Waals surface area contributed by atoms with E-state index in [9.17, 15) is 9.90 Å². The number of nitrogens with zero attached hydrogens (tertiary/aromatic N) is 1. The lowest BCUT2D eigenvalue weighted by Crippen LogP contribution is -2.03. The summed E-state index contributed by atoms with van der Waals surface area (Å²) in [7, 11) is 1.34. The minimum absolute atomic E-state index is 0.396. The molecule has 2 aromatic carbocycles. The van der Waals surface area contributed by atoms with E-state index in [1.54, 1.807) is 24.3 Å². The maximum Gasteiger partial charge on any atom is 0.337 e. The van der Waals surface area contributed by atoms with Crippen molar-refractivity contribution in [3.63, 3.8) is 0 Å². The lowest BCUT2D eigenvalue weighted by atomic mass is 10.1. The quantitative estimate of drug-likeness (QED) is 0.730. The number of rotatable bonds is 4. The van der Waals surface area contributed by atoms with Gasteiger partial charge in [-0.25, -0.2) is 9.78 Å². The first kappa shape index (κ1) is 16.4. The first-order valence-corrected chi connectivity index (χ1v) is 8.35. The normalized spacial score (nSPS) is 12.0. The summed E-state index contributed by atoms with van der Waals surface area (Å²) >= 11 is 1.42. The number of thiazole rings is 1. The van der Waals surface area contributed by atoms with Gasteiger partial charge in [0, 0.05) is 10.9 Å². The maximum absolute atomic E-state index is 11.5. The molecule has 24 heavy (non-hydrogen) atoms. The van der Waals surface area contributed by atoms with Crippen LogP contribution in [0.15, 0.2) is 53.9 Å². The lowest BCUT2D eigenvalue weighted by molar-refractivity contribution is 0.0600. The van der Waals surface area contributed by atoms with Crippen LogP contribution < -0.4 is 0 Å². The molecule has 3 rings (SSSR count). The fourth-order valence-electron chi connectivity index (χ4n) is 2.41. The summed E-state index contributed by atoms with van der Waals surface area (Å²) in [5.74, 6) is -0.396. The minimum Gasteiger partial charge on any atom is -0.465 e. The van der Waals surface area contributed by atoms with Crippen molar-refractivity contribution in [3.8, 4) is 11.3 Å². The van der Waals surface area contributed by atoms with E-state index in [-0.39, 0.29) is 0 Å². The van der Waals surface area contributed by atoms with Gasteiger partial charge in [0.2, 0.25) is 0 Å². The molecule has 0 aliphatic carbocycles. The van der Waals surface area contributed by atoms with Crippen LogP contribution in [0.5, 0.6) is 0 Å². The van der Waals surface area contributed by atoms with Gasteiger partial charge in [-0.3, -0.25) is 0 Å². The number of hydrogen-bond donors (Lipinski definition) is 1. The van der Waals surface area contributed by atoms with E-state index in [4.69, 9.17) is 0 Å². The predicted molar refractivity (Wildman–Crippen MR) is 94.1 cm³/mol. The first-order valence-electron chi connectivity index (χ1n) is 7.47. The number of methoxy groups -OCH3 is 1. The van der Waals surface area contributed by atoms with Gasteiger partial charge in [-0.1, -0.05) is 35.9 Å². The second-order valence-electron chi connectivity index (χ2n) is 5.46. The van der Waals surface area contributed by atoms with E-state index in [0.717, 1.165) is 11.3 Å². The molecule has 0 radical (unpaired) electrons. The Morgan fingerprint density at radius 3 is 2.62 bits per heavy atom. The van der Waals surface area contributed by atoms with Gasteiger partial charge >= 0.3 is 5.97 Å². The van der Waals surface area contributed by atoms with Crippen LogP contribution >= 0.6 is 11.3 Å². The van der Waals surface area contributed by atoms with Crippen LogP contribution in [0.2, 0.25) is 0 Å².